The van der Waals surface area contributed by atoms with Crippen molar-refractivity contribution < 1.29 is 9.53 Å². The van der Waals surface area contributed by atoms with E-state index in [1.807, 2.05) is 35.8 Å². The lowest BCUT2D eigenvalue weighted by molar-refractivity contribution is -0.121. The lowest BCUT2D eigenvalue weighted by Crippen LogP contribution is -2.39. The minimum Gasteiger partial charge on any atom is -0.494 e. The summed E-state index contributed by atoms with van der Waals surface area (Å²) in [5.41, 5.74) is 0.933. The van der Waals surface area contributed by atoms with E-state index in [1.54, 1.807) is 0 Å². The van der Waals surface area contributed by atoms with Crippen molar-refractivity contribution in [1.82, 2.24) is 25.0 Å². The van der Waals surface area contributed by atoms with Crippen molar-refractivity contribution >= 4 is 18.1 Å². The Kier molecular flexibility index (Phi) is 9.29. The smallest absolute Gasteiger partial charge is 0.221 e. The lowest BCUT2D eigenvalue weighted by Gasteiger charge is -2.34. The summed E-state index contributed by atoms with van der Waals surface area (Å²) < 4.78 is 7.90. The third kappa shape index (κ3) is 7.17. The summed E-state index contributed by atoms with van der Waals surface area (Å²) in [7, 11) is 0. The Morgan fingerprint density at radius 3 is 2.59 bits per heavy atom. The monoisotopic (exact) mass is 459 g/mol. The Morgan fingerprint density at radius 2 is 1.91 bits per heavy atom. The number of ether oxygens (including phenoxy) is 1. The number of aromatic nitrogens is 3. The van der Waals surface area contributed by atoms with Crippen LogP contribution in [-0.2, 0) is 11.3 Å². The molecule has 2 unspecified atom stereocenters. The van der Waals surface area contributed by atoms with Gasteiger partial charge in [-0.05, 0) is 81.1 Å². The van der Waals surface area contributed by atoms with Crippen LogP contribution >= 0.6 is 12.2 Å². The Bertz CT molecular complexity index is 898. The SMILES string of the molecule is CCOc1ccc(-c2n[nH]c(=S)n2CCC(=O)NCCCCN2CC(C)CC(C)C2)cc1. The molecule has 2 atom stereocenters. The van der Waals surface area contributed by atoms with Crippen molar-refractivity contribution in [3.63, 3.8) is 0 Å². The fourth-order valence-corrected chi connectivity index (χ4v) is 4.80. The predicted molar refractivity (Wildman–Crippen MR) is 130 cm³/mol. The van der Waals surface area contributed by atoms with Crippen LogP contribution in [0.4, 0.5) is 0 Å². The highest BCUT2D eigenvalue weighted by Gasteiger charge is 2.21. The highest BCUT2D eigenvalue weighted by atomic mass is 32.1. The Balaban J connectivity index is 1.40. The molecular weight excluding hydrogens is 422 g/mol. The van der Waals surface area contributed by atoms with E-state index < -0.39 is 0 Å². The van der Waals surface area contributed by atoms with Crippen molar-refractivity contribution in [1.29, 1.82) is 0 Å². The highest BCUT2D eigenvalue weighted by Crippen LogP contribution is 2.22. The molecule has 2 aromatic rings. The van der Waals surface area contributed by atoms with Crippen LogP contribution in [0.1, 0.15) is 46.5 Å². The van der Waals surface area contributed by atoms with Gasteiger partial charge in [0, 0.05) is 38.2 Å². The van der Waals surface area contributed by atoms with Crippen molar-refractivity contribution in [2.75, 3.05) is 32.8 Å². The number of benzene rings is 1. The number of nitrogens with zero attached hydrogens (tertiary/aromatic N) is 3. The number of piperidine rings is 1. The molecule has 176 valence electrons. The van der Waals surface area contributed by atoms with E-state index in [1.165, 1.54) is 19.5 Å². The molecule has 2 heterocycles. The second-order valence-corrected chi connectivity index (χ2v) is 9.36. The van der Waals surface area contributed by atoms with Gasteiger partial charge in [-0.1, -0.05) is 13.8 Å². The van der Waals surface area contributed by atoms with Crippen LogP contribution in [0.5, 0.6) is 5.75 Å². The predicted octanol–water partition coefficient (Wildman–Crippen LogP) is 4.27. The number of carbonyl (C=O) groups is 1. The number of nitrogens with one attached hydrogen (secondary N) is 2. The Hall–Kier alpha value is -2.19. The van der Waals surface area contributed by atoms with Gasteiger partial charge in [0.1, 0.15) is 5.75 Å². The fraction of sp³-hybridized carbons (Fsp3) is 0.625. The summed E-state index contributed by atoms with van der Waals surface area (Å²) in [6.45, 7) is 12.0. The van der Waals surface area contributed by atoms with Crippen molar-refractivity contribution in [3.8, 4) is 17.1 Å². The standard InChI is InChI=1S/C24H37N5O2S/c1-4-31-21-9-7-20(8-10-21)23-26-27-24(32)29(23)14-11-22(30)25-12-5-6-13-28-16-18(2)15-19(3)17-28/h7-10,18-19H,4-6,11-17H2,1-3H3,(H,25,30)(H,27,32). The molecule has 0 saturated carbocycles. The van der Waals surface area contributed by atoms with Gasteiger partial charge in [0.2, 0.25) is 5.91 Å². The van der Waals surface area contributed by atoms with Crippen molar-refractivity contribution in [3.05, 3.63) is 29.0 Å². The van der Waals surface area contributed by atoms with Gasteiger partial charge in [-0.25, -0.2) is 0 Å². The molecule has 3 rings (SSSR count). The minimum atomic E-state index is 0.0472. The number of H-pyrrole nitrogens is 1. The zero-order chi connectivity index (χ0) is 22.9. The molecule has 2 N–H and O–H groups in total. The number of amides is 1. The molecule has 1 aromatic carbocycles. The van der Waals surface area contributed by atoms with Crippen LogP contribution in [0.15, 0.2) is 24.3 Å². The number of hydrogen-bond acceptors (Lipinski definition) is 5. The average molecular weight is 460 g/mol. The second kappa shape index (κ2) is 12.2. The molecule has 0 radical (unpaired) electrons. The summed E-state index contributed by atoms with van der Waals surface area (Å²) in [5, 5.41) is 10.2. The third-order valence-corrected chi connectivity index (χ3v) is 6.22. The lowest BCUT2D eigenvalue weighted by atomic mass is 9.92. The maximum Gasteiger partial charge on any atom is 0.221 e. The number of aromatic amines is 1. The number of hydrogen-bond donors (Lipinski definition) is 2. The zero-order valence-corrected chi connectivity index (χ0v) is 20.4. The number of likely N-dealkylation sites (tertiary alicyclic amines) is 1. The molecule has 8 heteroatoms. The summed E-state index contributed by atoms with van der Waals surface area (Å²) in [5.74, 6) is 3.18. The van der Waals surface area contributed by atoms with Gasteiger partial charge in [-0.15, -0.1) is 0 Å². The first-order valence-electron chi connectivity index (χ1n) is 11.8. The molecule has 0 spiro atoms. The average Bonchev–Trinajstić information content (AvgIpc) is 3.12. The largest absolute Gasteiger partial charge is 0.494 e. The fourth-order valence-electron chi connectivity index (χ4n) is 4.58. The van der Waals surface area contributed by atoms with Gasteiger partial charge in [0.05, 0.1) is 6.61 Å². The molecule has 1 aromatic heterocycles. The topological polar surface area (TPSA) is 75.2 Å². The normalized spacial score (nSPS) is 19.1. The van der Waals surface area contributed by atoms with E-state index in [-0.39, 0.29) is 5.91 Å². The van der Waals surface area contributed by atoms with E-state index >= 15 is 0 Å². The molecular formula is C24H37N5O2S. The Labute approximate surface area is 196 Å². The van der Waals surface area contributed by atoms with E-state index in [4.69, 9.17) is 17.0 Å². The van der Waals surface area contributed by atoms with Crippen LogP contribution in [0.25, 0.3) is 11.4 Å². The highest BCUT2D eigenvalue weighted by molar-refractivity contribution is 7.71. The van der Waals surface area contributed by atoms with Crippen LogP contribution < -0.4 is 10.1 Å². The van der Waals surface area contributed by atoms with Crippen LogP contribution in [0.2, 0.25) is 0 Å². The van der Waals surface area contributed by atoms with Gasteiger partial charge >= 0.3 is 0 Å². The molecule has 1 aliphatic rings. The first-order valence-corrected chi connectivity index (χ1v) is 12.2. The van der Waals surface area contributed by atoms with E-state index in [9.17, 15) is 4.79 Å². The van der Waals surface area contributed by atoms with Crippen molar-refractivity contribution in [2.24, 2.45) is 11.8 Å². The summed E-state index contributed by atoms with van der Waals surface area (Å²) in [6.07, 6.45) is 3.84. The molecule has 1 saturated heterocycles. The maximum atomic E-state index is 12.3. The molecule has 1 amide bonds. The van der Waals surface area contributed by atoms with Gasteiger partial charge in [-0.2, -0.15) is 5.10 Å². The van der Waals surface area contributed by atoms with Gasteiger partial charge < -0.3 is 15.0 Å². The minimum absolute atomic E-state index is 0.0472. The third-order valence-electron chi connectivity index (χ3n) is 5.91. The molecule has 32 heavy (non-hydrogen) atoms. The number of rotatable bonds is 11. The summed E-state index contributed by atoms with van der Waals surface area (Å²) in [4.78, 5) is 14.9. The summed E-state index contributed by atoms with van der Waals surface area (Å²) >= 11 is 5.38. The van der Waals surface area contributed by atoms with Gasteiger partial charge in [0.25, 0.3) is 0 Å². The molecule has 1 fully saturated rings. The number of unbranched alkanes of at least 4 members (excludes halogenated alkanes) is 1. The zero-order valence-electron chi connectivity index (χ0n) is 19.6. The molecule has 1 aliphatic heterocycles. The van der Waals surface area contributed by atoms with Gasteiger partial charge in [-0.3, -0.25) is 14.5 Å². The first-order chi connectivity index (χ1) is 15.5. The molecule has 0 aliphatic carbocycles. The van der Waals surface area contributed by atoms with Crippen LogP contribution in [0, 0.1) is 16.6 Å². The Morgan fingerprint density at radius 1 is 1.19 bits per heavy atom. The van der Waals surface area contributed by atoms with Crippen molar-refractivity contribution in [2.45, 2.75) is 53.0 Å². The van der Waals surface area contributed by atoms with Gasteiger partial charge in [0.15, 0.2) is 10.6 Å². The van der Waals surface area contributed by atoms with E-state index in [2.05, 4.69) is 34.3 Å². The first kappa shape index (κ1) is 24.5. The second-order valence-electron chi connectivity index (χ2n) is 8.97. The summed E-state index contributed by atoms with van der Waals surface area (Å²) in [6, 6.07) is 7.74. The van der Waals surface area contributed by atoms with Crippen LogP contribution in [-0.4, -0.2) is 58.4 Å². The molecule has 0 bridgehead atoms. The van der Waals surface area contributed by atoms with E-state index in [0.29, 0.717) is 24.3 Å². The number of carbonyl (C=O) groups excluding carboxylic acids is 1. The van der Waals surface area contributed by atoms with Crippen LogP contribution in [0.3, 0.4) is 0 Å². The molecule has 7 nitrogen and oxygen atoms in total. The maximum absolute atomic E-state index is 12.3. The van der Waals surface area contributed by atoms with E-state index in [0.717, 1.165) is 54.9 Å². The quantitative estimate of drug-likeness (QED) is 0.388.